The SMILES string of the molecule is CCC(O[Si])(c1ccccc1)c1ccc(-c2ccccc2)c(-c2ccccc2)c1[N+](=O)[O-]. The van der Waals surface area contributed by atoms with Gasteiger partial charge < -0.3 is 4.43 Å². The van der Waals surface area contributed by atoms with Crippen molar-refractivity contribution in [2.75, 3.05) is 0 Å². The predicted octanol–water partition coefficient (Wildman–Crippen LogP) is 6.68. The molecule has 0 aliphatic heterocycles. The molecule has 4 nitrogen and oxygen atoms in total. The lowest BCUT2D eigenvalue weighted by molar-refractivity contribution is -0.385. The van der Waals surface area contributed by atoms with E-state index in [1.807, 2.05) is 110 Å². The van der Waals surface area contributed by atoms with Crippen LogP contribution in [0.3, 0.4) is 0 Å². The van der Waals surface area contributed by atoms with Crippen LogP contribution in [-0.4, -0.2) is 15.4 Å². The normalized spacial score (nSPS) is 12.8. The molecule has 1 atom stereocenters. The largest absolute Gasteiger partial charge is 0.405 e. The van der Waals surface area contributed by atoms with E-state index in [1.54, 1.807) is 0 Å². The summed E-state index contributed by atoms with van der Waals surface area (Å²) in [5.74, 6) is 0. The highest BCUT2D eigenvalue weighted by atomic mass is 28.2. The molecule has 0 aliphatic rings. The first kappa shape index (κ1) is 21.7. The molecule has 0 aromatic heterocycles. The van der Waals surface area contributed by atoms with Crippen molar-refractivity contribution in [1.29, 1.82) is 0 Å². The molecule has 4 aromatic rings. The number of hydrogen-bond acceptors (Lipinski definition) is 3. The zero-order valence-corrected chi connectivity index (χ0v) is 18.7. The Hall–Kier alpha value is -3.54. The molecule has 5 heteroatoms. The van der Waals surface area contributed by atoms with E-state index >= 15 is 0 Å². The highest BCUT2D eigenvalue weighted by Crippen LogP contribution is 2.48. The van der Waals surface area contributed by atoms with E-state index in [0.717, 1.165) is 22.3 Å². The van der Waals surface area contributed by atoms with Crippen molar-refractivity contribution in [3.05, 3.63) is 124 Å². The Balaban J connectivity index is 2.11. The van der Waals surface area contributed by atoms with Gasteiger partial charge in [-0.2, -0.15) is 0 Å². The fraction of sp³-hybridized carbons (Fsp3) is 0.111. The summed E-state index contributed by atoms with van der Waals surface area (Å²) >= 11 is 0. The summed E-state index contributed by atoms with van der Waals surface area (Å²) in [6.07, 6.45) is 0.500. The summed E-state index contributed by atoms with van der Waals surface area (Å²) in [6.45, 7) is 1.96. The number of rotatable bonds is 7. The number of nitro groups is 1. The minimum absolute atomic E-state index is 0.0431. The Morgan fingerprint density at radius 1 is 0.812 bits per heavy atom. The van der Waals surface area contributed by atoms with Crippen molar-refractivity contribution in [3.8, 4) is 22.3 Å². The topological polar surface area (TPSA) is 52.4 Å². The summed E-state index contributed by atoms with van der Waals surface area (Å²) in [5, 5.41) is 12.6. The van der Waals surface area contributed by atoms with E-state index in [-0.39, 0.29) is 10.6 Å². The van der Waals surface area contributed by atoms with Gasteiger partial charge in [0.2, 0.25) is 10.5 Å². The predicted molar refractivity (Wildman–Crippen MR) is 128 cm³/mol. The third-order valence-corrected chi connectivity index (χ3v) is 6.20. The van der Waals surface area contributed by atoms with Crippen molar-refractivity contribution in [2.24, 2.45) is 0 Å². The monoisotopic (exact) mass is 436 g/mol. The molecule has 0 bridgehead atoms. The molecule has 32 heavy (non-hydrogen) atoms. The van der Waals surface area contributed by atoms with E-state index < -0.39 is 5.60 Å². The van der Waals surface area contributed by atoms with Crippen molar-refractivity contribution < 1.29 is 9.35 Å². The van der Waals surface area contributed by atoms with Gasteiger partial charge in [-0.15, -0.1) is 0 Å². The Labute approximate surface area is 191 Å². The maximum Gasteiger partial charge on any atom is 0.284 e. The van der Waals surface area contributed by atoms with Gasteiger partial charge in [-0.1, -0.05) is 104 Å². The standard InChI is InChI=1S/C27H22NO3Si/c1-2-27(31-32,22-16-10-5-11-17-22)24-19-18-23(20-12-6-3-7-13-20)25(26(24)28(29)30)21-14-8-4-9-15-21/h3-19H,2H2,1H3. The third-order valence-electron chi connectivity index (χ3n) is 5.86. The summed E-state index contributed by atoms with van der Waals surface area (Å²) < 4.78 is 5.89. The second-order valence-electron chi connectivity index (χ2n) is 7.52. The molecule has 1 unspecified atom stereocenters. The minimum Gasteiger partial charge on any atom is -0.405 e. The minimum atomic E-state index is -1.03. The Kier molecular flexibility index (Phi) is 6.30. The second kappa shape index (κ2) is 9.30. The van der Waals surface area contributed by atoms with Crippen LogP contribution in [0.5, 0.6) is 0 Å². The Bertz CT molecular complexity index is 1210. The van der Waals surface area contributed by atoms with Crippen LogP contribution in [0.15, 0.2) is 103 Å². The third kappa shape index (κ3) is 3.77. The van der Waals surface area contributed by atoms with Crippen molar-refractivity contribution in [3.63, 3.8) is 0 Å². The van der Waals surface area contributed by atoms with E-state index in [2.05, 4.69) is 10.5 Å². The molecule has 0 saturated carbocycles. The summed E-state index contributed by atoms with van der Waals surface area (Å²) in [5.41, 5.74) is 3.45. The molecule has 0 amide bonds. The van der Waals surface area contributed by atoms with Crippen molar-refractivity contribution in [2.45, 2.75) is 18.9 Å². The van der Waals surface area contributed by atoms with Gasteiger partial charge in [0, 0.05) is 0 Å². The smallest absolute Gasteiger partial charge is 0.284 e. The summed E-state index contributed by atoms with van der Waals surface area (Å²) in [6, 6.07) is 32.6. The molecule has 0 saturated heterocycles. The van der Waals surface area contributed by atoms with Crippen LogP contribution >= 0.6 is 0 Å². The fourth-order valence-electron chi connectivity index (χ4n) is 4.31. The Morgan fingerprint density at radius 2 is 1.34 bits per heavy atom. The fourth-order valence-corrected chi connectivity index (χ4v) is 4.68. The van der Waals surface area contributed by atoms with Crippen LogP contribution in [0.1, 0.15) is 24.5 Å². The van der Waals surface area contributed by atoms with E-state index in [9.17, 15) is 10.1 Å². The number of hydrogen-bond donors (Lipinski definition) is 0. The van der Waals surface area contributed by atoms with Gasteiger partial charge in [0.15, 0.2) is 0 Å². The number of nitrogens with zero attached hydrogens (tertiary/aromatic N) is 1. The molecular formula is C27H22NO3Si. The molecule has 3 radical (unpaired) electrons. The molecular weight excluding hydrogens is 414 g/mol. The van der Waals surface area contributed by atoms with Gasteiger partial charge in [-0.3, -0.25) is 10.1 Å². The zero-order valence-electron chi connectivity index (χ0n) is 17.7. The maximum atomic E-state index is 12.6. The molecule has 0 heterocycles. The molecule has 4 aromatic carbocycles. The first-order valence-corrected chi connectivity index (χ1v) is 10.9. The van der Waals surface area contributed by atoms with E-state index in [4.69, 9.17) is 4.43 Å². The van der Waals surface area contributed by atoms with Crippen LogP contribution in [-0.2, 0) is 10.0 Å². The van der Waals surface area contributed by atoms with Crippen LogP contribution < -0.4 is 0 Å². The molecule has 4 rings (SSSR count). The van der Waals surface area contributed by atoms with Gasteiger partial charge in [0.05, 0.1) is 16.1 Å². The van der Waals surface area contributed by atoms with Crippen LogP contribution in [0, 0.1) is 10.1 Å². The number of nitro benzene ring substituents is 1. The quantitative estimate of drug-likeness (QED) is 0.184. The van der Waals surface area contributed by atoms with E-state index in [0.29, 0.717) is 17.5 Å². The van der Waals surface area contributed by atoms with Crippen LogP contribution in [0.4, 0.5) is 5.69 Å². The lowest BCUT2D eigenvalue weighted by Crippen LogP contribution is -2.31. The first-order valence-electron chi connectivity index (χ1n) is 10.5. The average molecular weight is 437 g/mol. The first-order chi connectivity index (χ1) is 15.6. The Morgan fingerprint density at radius 3 is 1.84 bits per heavy atom. The highest BCUT2D eigenvalue weighted by molar-refractivity contribution is 5.99. The second-order valence-corrected chi connectivity index (χ2v) is 7.73. The zero-order chi connectivity index (χ0) is 22.6. The van der Waals surface area contributed by atoms with Gasteiger partial charge in [0.25, 0.3) is 5.69 Å². The summed E-state index contributed by atoms with van der Waals surface area (Å²) in [4.78, 5) is 12.4. The van der Waals surface area contributed by atoms with Crippen molar-refractivity contribution >= 4 is 16.2 Å². The molecule has 0 aliphatic carbocycles. The van der Waals surface area contributed by atoms with E-state index in [1.165, 1.54) is 0 Å². The van der Waals surface area contributed by atoms with Gasteiger partial charge >= 0.3 is 0 Å². The molecule has 0 fully saturated rings. The van der Waals surface area contributed by atoms with Gasteiger partial charge in [0.1, 0.15) is 5.60 Å². The maximum absolute atomic E-state index is 12.6. The van der Waals surface area contributed by atoms with Crippen LogP contribution in [0.2, 0.25) is 0 Å². The van der Waals surface area contributed by atoms with Gasteiger partial charge in [-0.25, -0.2) is 0 Å². The molecule has 157 valence electrons. The number of benzene rings is 4. The van der Waals surface area contributed by atoms with Crippen molar-refractivity contribution in [1.82, 2.24) is 0 Å². The highest BCUT2D eigenvalue weighted by Gasteiger charge is 2.40. The van der Waals surface area contributed by atoms with Gasteiger partial charge in [-0.05, 0) is 34.7 Å². The molecule has 0 spiro atoms. The van der Waals surface area contributed by atoms with Crippen LogP contribution in [0.25, 0.3) is 22.3 Å². The molecule has 0 N–H and O–H groups in total. The average Bonchev–Trinajstić information content (AvgIpc) is 2.86. The summed E-state index contributed by atoms with van der Waals surface area (Å²) in [7, 11) is 3.27. The lowest BCUT2D eigenvalue weighted by atomic mass is 9.80. The lowest BCUT2D eigenvalue weighted by Gasteiger charge is -2.33.